The number of carbonyl (C=O) groups excluding carboxylic acids is 2. The van der Waals surface area contributed by atoms with Crippen molar-refractivity contribution in [3.8, 4) is 0 Å². The molecule has 32 heavy (non-hydrogen) atoms. The Kier molecular flexibility index (Phi) is 8.41. The summed E-state index contributed by atoms with van der Waals surface area (Å²) in [5.74, 6) is -0.213. The van der Waals surface area contributed by atoms with Gasteiger partial charge in [-0.15, -0.1) is 11.3 Å². The van der Waals surface area contributed by atoms with Crippen molar-refractivity contribution < 1.29 is 9.59 Å². The van der Waals surface area contributed by atoms with Crippen molar-refractivity contribution >= 4 is 35.2 Å². The molecular formula is C26H36N2O3S. The fraction of sp³-hybridized carbons (Fsp3) is 0.500. The third kappa shape index (κ3) is 6.28. The van der Waals surface area contributed by atoms with Gasteiger partial charge in [-0.25, -0.2) is 0 Å². The summed E-state index contributed by atoms with van der Waals surface area (Å²) in [4.78, 5) is 40.8. The van der Waals surface area contributed by atoms with Gasteiger partial charge < -0.3 is 4.90 Å². The third-order valence-corrected chi connectivity index (χ3v) is 6.37. The maximum absolute atomic E-state index is 13.3. The second-order valence-electron chi connectivity index (χ2n) is 9.68. The number of nitrogens with zero attached hydrogens (tertiary/aromatic N) is 2. The van der Waals surface area contributed by atoms with Crippen LogP contribution in [0.3, 0.4) is 0 Å². The maximum atomic E-state index is 13.3. The smallest absolute Gasteiger partial charge is 0.269 e. The molecule has 0 aliphatic heterocycles. The molecule has 0 saturated carbocycles. The van der Waals surface area contributed by atoms with Gasteiger partial charge in [-0.2, -0.15) is 0 Å². The molecule has 1 aromatic heterocycles. The number of hydrogen-bond donors (Lipinski definition) is 0. The van der Waals surface area contributed by atoms with Crippen LogP contribution in [-0.4, -0.2) is 33.2 Å². The van der Waals surface area contributed by atoms with Crippen LogP contribution in [0.15, 0.2) is 29.1 Å². The number of hydrogen-bond acceptors (Lipinski definition) is 4. The van der Waals surface area contributed by atoms with Crippen LogP contribution in [-0.2, 0) is 22.6 Å². The fourth-order valence-electron chi connectivity index (χ4n) is 3.51. The van der Waals surface area contributed by atoms with Crippen LogP contribution in [0, 0.1) is 5.41 Å². The first-order valence-electron chi connectivity index (χ1n) is 11.2. The van der Waals surface area contributed by atoms with E-state index in [1.54, 1.807) is 4.90 Å². The number of carbonyl (C=O) groups is 2. The van der Waals surface area contributed by atoms with Crippen molar-refractivity contribution in [1.29, 1.82) is 0 Å². The molecule has 1 amide bonds. The molecule has 0 aliphatic rings. The summed E-state index contributed by atoms with van der Waals surface area (Å²) in [5.41, 5.74) is 1.32. The summed E-state index contributed by atoms with van der Waals surface area (Å²) in [6, 6.07) is 8.08. The molecule has 6 heteroatoms. The summed E-state index contributed by atoms with van der Waals surface area (Å²) in [5, 5.41) is 0. The zero-order valence-electron chi connectivity index (χ0n) is 20.6. The van der Waals surface area contributed by atoms with Crippen molar-refractivity contribution in [2.75, 3.05) is 0 Å². The van der Waals surface area contributed by atoms with Gasteiger partial charge in [0.15, 0.2) is 5.78 Å². The molecule has 0 spiro atoms. The van der Waals surface area contributed by atoms with Crippen molar-refractivity contribution in [3.05, 3.63) is 54.9 Å². The van der Waals surface area contributed by atoms with E-state index in [4.69, 9.17) is 0 Å². The fourth-order valence-corrected chi connectivity index (χ4v) is 4.55. The van der Waals surface area contributed by atoms with Gasteiger partial charge >= 0.3 is 0 Å². The molecule has 0 atom stereocenters. The molecule has 0 aliphatic carbocycles. The van der Waals surface area contributed by atoms with Crippen LogP contribution in [0.4, 0.5) is 0 Å². The summed E-state index contributed by atoms with van der Waals surface area (Å²) in [6.07, 6.45) is 4.28. The van der Waals surface area contributed by atoms with Crippen LogP contribution in [0.2, 0.25) is 0 Å². The van der Waals surface area contributed by atoms with Gasteiger partial charge in [-0.05, 0) is 51.3 Å². The van der Waals surface area contributed by atoms with Gasteiger partial charge in [0.25, 0.3) is 5.56 Å². The van der Waals surface area contributed by atoms with E-state index < -0.39 is 5.41 Å². The Morgan fingerprint density at radius 1 is 1.06 bits per heavy atom. The van der Waals surface area contributed by atoms with E-state index in [0.717, 1.165) is 12.0 Å². The van der Waals surface area contributed by atoms with Gasteiger partial charge in [0, 0.05) is 23.6 Å². The molecule has 0 fully saturated rings. The van der Waals surface area contributed by atoms with Crippen LogP contribution >= 0.6 is 11.3 Å². The summed E-state index contributed by atoms with van der Waals surface area (Å²) in [7, 11) is 0. The Morgan fingerprint density at radius 2 is 1.62 bits per heavy atom. The van der Waals surface area contributed by atoms with E-state index >= 15 is 0 Å². The Balaban J connectivity index is 2.63. The molecule has 2 aromatic rings. The number of ketones is 1. The first-order chi connectivity index (χ1) is 14.8. The second-order valence-corrected chi connectivity index (χ2v) is 10.7. The number of Topliss-reactive ketones (excluding diaryl/α,β-unsaturated/α-hetero) is 1. The zero-order valence-corrected chi connectivity index (χ0v) is 21.4. The zero-order chi connectivity index (χ0) is 24.2. The number of amides is 1. The molecule has 1 heterocycles. The Hall–Kier alpha value is -2.47. The highest BCUT2D eigenvalue weighted by Gasteiger charge is 2.23. The minimum Gasteiger partial charge on any atom is -0.336 e. The Bertz CT molecular complexity index is 1120. The van der Waals surface area contributed by atoms with E-state index in [9.17, 15) is 14.4 Å². The average Bonchev–Trinajstić information content (AvgIpc) is 2.96. The SMILES string of the molecule is CCc1ccc(C=c2sc(=CC(=O)C(C)(C)C)n(CC(=O)N(C(C)C)C(C)C)c2=O)cc1. The molecule has 174 valence electrons. The molecule has 2 rings (SSSR count). The van der Waals surface area contributed by atoms with E-state index in [1.165, 1.54) is 27.5 Å². The van der Waals surface area contributed by atoms with Crippen LogP contribution < -0.4 is 14.8 Å². The Labute approximate surface area is 195 Å². The van der Waals surface area contributed by atoms with Crippen molar-refractivity contribution in [3.63, 3.8) is 0 Å². The number of aromatic nitrogens is 1. The summed E-state index contributed by atoms with van der Waals surface area (Å²) >= 11 is 1.25. The second kappa shape index (κ2) is 10.4. The standard InChI is InChI=1S/C26H36N2O3S/c1-9-19-10-12-20(13-11-19)14-21-25(31)27(16-23(30)28(17(2)3)18(4)5)24(32-21)15-22(29)26(6,7)8/h10-15,17-18H,9,16H2,1-8H3. The summed E-state index contributed by atoms with van der Waals surface area (Å²) < 4.78 is 2.46. The minimum absolute atomic E-state index is 0.0172. The van der Waals surface area contributed by atoms with Gasteiger partial charge in [-0.3, -0.25) is 19.0 Å². The van der Waals surface area contributed by atoms with E-state index in [1.807, 2.05) is 78.8 Å². The summed E-state index contributed by atoms with van der Waals surface area (Å²) in [6.45, 7) is 15.4. The van der Waals surface area contributed by atoms with E-state index in [-0.39, 0.29) is 35.9 Å². The average molecular weight is 457 g/mol. The van der Waals surface area contributed by atoms with Gasteiger partial charge in [-0.1, -0.05) is 52.0 Å². The van der Waals surface area contributed by atoms with Crippen LogP contribution in [0.25, 0.3) is 12.2 Å². The predicted molar refractivity (Wildman–Crippen MR) is 133 cm³/mol. The number of rotatable bonds is 7. The molecular weight excluding hydrogens is 420 g/mol. The molecule has 0 N–H and O–H groups in total. The van der Waals surface area contributed by atoms with Crippen LogP contribution in [0.1, 0.15) is 66.5 Å². The molecule has 0 saturated heterocycles. The van der Waals surface area contributed by atoms with Crippen molar-refractivity contribution in [2.24, 2.45) is 5.41 Å². The van der Waals surface area contributed by atoms with Crippen molar-refractivity contribution in [1.82, 2.24) is 9.47 Å². The first-order valence-corrected chi connectivity index (χ1v) is 12.0. The Morgan fingerprint density at radius 3 is 2.09 bits per heavy atom. The highest BCUT2D eigenvalue weighted by atomic mass is 32.1. The molecule has 0 radical (unpaired) electrons. The first kappa shape index (κ1) is 25.8. The lowest BCUT2D eigenvalue weighted by molar-refractivity contribution is -0.135. The number of aryl methyl sites for hydroxylation is 1. The number of benzene rings is 1. The lowest BCUT2D eigenvalue weighted by atomic mass is 9.91. The van der Waals surface area contributed by atoms with Gasteiger partial charge in [0.2, 0.25) is 5.91 Å². The number of thiazole rings is 1. The molecule has 0 bridgehead atoms. The molecule has 1 aromatic carbocycles. The maximum Gasteiger partial charge on any atom is 0.269 e. The third-order valence-electron chi connectivity index (χ3n) is 5.31. The predicted octanol–water partition coefficient (Wildman–Crippen LogP) is 3.34. The highest BCUT2D eigenvalue weighted by Crippen LogP contribution is 2.15. The topological polar surface area (TPSA) is 59.4 Å². The quantitative estimate of drug-likeness (QED) is 0.642. The van der Waals surface area contributed by atoms with E-state index in [0.29, 0.717) is 9.20 Å². The monoisotopic (exact) mass is 456 g/mol. The van der Waals surface area contributed by atoms with Gasteiger partial charge in [0.1, 0.15) is 11.2 Å². The largest absolute Gasteiger partial charge is 0.336 e. The van der Waals surface area contributed by atoms with Crippen molar-refractivity contribution in [2.45, 2.75) is 80.4 Å². The minimum atomic E-state index is -0.573. The van der Waals surface area contributed by atoms with Gasteiger partial charge in [0.05, 0.1) is 4.53 Å². The molecule has 0 unspecified atom stereocenters. The van der Waals surface area contributed by atoms with E-state index in [2.05, 4.69) is 6.92 Å². The normalized spacial score (nSPS) is 13.3. The lowest BCUT2D eigenvalue weighted by Gasteiger charge is -2.30. The lowest BCUT2D eigenvalue weighted by Crippen LogP contribution is -2.46. The molecule has 5 nitrogen and oxygen atoms in total. The highest BCUT2D eigenvalue weighted by molar-refractivity contribution is 7.07. The van der Waals surface area contributed by atoms with Crippen LogP contribution in [0.5, 0.6) is 0 Å².